The maximum atomic E-state index is 11.4. The molecular weight excluding hydrogens is 204 g/mol. The average Bonchev–Trinajstić information content (AvgIpc) is 2.78. The van der Waals surface area contributed by atoms with Crippen LogP contribution in [-0.2, 0) is 9.53 Å². The van der Waals surface area contributed by atoms with Gasteiger partial charge in [0.05, 0.1) is 7.11 Å². The molecular formula is C12H24N2O2. The molecule has 1 saturated heterocycles. The van der Waals surface area contributed by atoms with Crippen LogP contribution in [0.25, 0.3) is 0 Å². The second-order valence-corrected chi connectivity index (χ2v) is 4.36. The number of ether oxygens (including phenoxy) is 1. The molecule has 0 spiro atoms. The summed E-state index contributed by atoms with van der Waals surface area (Å²) in [5, 5.41) is 0. The van der Waals surface area contributed by atoms with Crippen LogP contribution in [0.5, 0.6) is 0 Å². The summed E-state index contributed by atoms with van der Waals surface area (Å²) in [6, 6.07) is 0.493. The molecule has 1 aliphatic rings. The van der Waals surface area contributed by atoms with Crippen molar-refractivity contribution in [2.75, 3.05) is 33.3 Å². The molecule has 1 heterocycles. The Morgan fingerprint density at radius 2 is 2.12 bits per heavy atom. The smallest absolute Gasteiger partial charge is 0.322 e. The highest BCUT2D eigenvalue weighted by molar-refractivity contribution is 5.75. The summed E-state index contributed by atoms with van der Waals surface area (Å²) in [6.45, 7) is 10.5. The van der Waals surface area contributed by atoms with Crippen molar-refractivity contribution in [3.05, 3.63) is 0 Å². The first-order chi connectivity index (χ1) is 7.63. The van der Waals surface area contributed by atoms with Crippen molar-refractivity contribution >= 4 is 5.97 Å². The van der Waals surface area contributed by atoms with Crippen molar-refractivity contribution in [1.29, 1.82) is 0 Å². The van der Waals surface area contributed by atoms with E-state index in [4.69, 9.17) is 4.74 Å². The van der Waals surface area contributed by atoms with Crippen LogP contribution in [0.15, 0.2) is 0 Å². The van der Waals surface area contributed by atoms with E-state index in [1.807, 2.05) is 6.92 Å². The van der Waals surface area contributed by atoms with Gasteiger partial charge in [0, 0.05) is 19.1 Å². The minimum absolute atomic E-state index is 0.106. The molecule has 94 valence electrons. The van der Waals surface area contributed by atoms with E-state index in [1.165, 1.54) is 7.11 Å². The first kappa shape index (κ1) is 13.5. The molecule has 2 unspecified atom stereocenters. The minimum atomic E-state index is -0.125. The number of carbonyl (C=O) groups excluding carboxylic acids is 1. The molecule has 1 rings (SSSR count). The van der Waals surface area contributed by atoms with Crippen molar-refractivity contribution in [3.8, 4) is 0 Å². The maximum Gasteiger partial charge on any atom is 0.322 e. The summed E-state index contributed by atoms with van der Waals surface area (Å²) < 4.78 is 4.78. The van der Waals surface area contributed by atoms with E-state index < -0.39 is 0 Å². The number of methoxy groups -OCH3 is 1. The van der Waals surface area contributed by atoms with Gasteiger partial charge < -0.3 is 4.74 Å². The van der Waals surface area contributed by atoms with Crippen LogP contribution >= 0.6 is 0 Å². The van der Waals surface area contributed by atoms with Crippen LogP contribution in [0, 0.1) is 0 Å². The zero-order chi connectivity index (χ0) is 12.1. The van der Waals surface area contributed by atoms with E-state index >= 15 is 0 Å². The third kappa shape index (κ3) is 2.95. The van der Waals surface area contributed by atoms with Gasteiger partial charge in [-0.15, -0.1) is 0 Å². The van der Waals surface area contributed by atoms with Crippen LogP contribution in [0.2, 0.25) is 0 Å². The molecule has 2 atom stereocenters. The SMILES string of the molecule is CCN(CC)C1CCN(C(C)C(=O)OC)C1. The first-order valence-electron chi connectivity index (χ1n) is 6.19. The normalized spacial score (nSPS) is 23.7. The summed E-state index contributed by atoms with van der Waals surface area (Å²) in [5.74, 6) is -0.125. The zero-order valence-electron chi connectivity index (χ0n) is 10.9. The number of esters is 1. The largest absolute Gasteiger partial charge is 0.468 e. The monoisotopic (exact) mass is 228 g/mol. The van der Waals surface area contributed by atoms with Crippen molar-refractivity contribution in [2.45, 2.75) is 39.3 Å². The lowest BCUT2D eigenvalue weighted by Crippen LogP contribution is -2.42. The maximum absolute atomic E-state index is 11.4. The first-order valence-corrected chi connectivity index (χ1v) is 6.19. The van der Waals surface area contributed by atoms with E-state index in [0.717, 1.165) is 32.6 Å². The number of likely N-dealkylation sites (N-methyl/N-ethyl adjacent to an activating group) is 1. The Kier molecular flexibility index (Phi) is 5.22. The molecule has 1 aliphatic heterocycles. The van der Waals surface area contributed by atoms with E-state index in [0.29, 0.717) is 6.04 Å². The Balaban J connectivity index is 2.48. The van der Waals surface area contributed by atoms with Gasteiger partial charge in [-0.1, -0.05) is 13.8 Å². The predicted octanol–water partition coefficient (Wildman–Crippen LogP) is 0.964. The lowest BCUT2D eigenvalue weighted by molar-refractivity contribution is -0.145. The van der Waals surface area contributed by atoms with Gasteiger partial charge >= 0.3 is 5.97 Å². The Morgan fingerprint density at radius 1 is 1.50 bits per heavy atom. The molecule has 0 radical (unpaired) electrons. The summed E-state index contributed by atoms with van der Waals surface area (Å²) in [6.07, 6.45) is 1.16. The van der Waals surface area contributed by atoms with E-state index in [9.17, 15) is 4.79 Å². The van der Waals surface area contributed by atoms with Gasteiger partial charge in [-0.25, -0.2) is 0 Å². The second kappa shape index (κ2) is 6.21. The Bertz CT molecular complexity index is 229. The summed E-state index contributed by atoms with van der Waals surface area (Å²) in [5.41, 5.74) is 0. The van der Waals surface area contributed by atoms with Crippen LogP contribution in [0.3, 0.4) is 0 Å². The van der Waals surface area contributed by atoms with Crippen LogP contribution in [0.1, 0.15) is 27.2 Å². The molecule has 16 heavy (non-hydrogen) atoms. The fourth-order valence-electron chi connectivity index (χ4n) is 2.48. The van der Waals surface area contributed by atoms with Crippen LogP contribution in [0.4, 0.5) is 0 Å². The highest BCUT2D eigenvalue weighted by Gasteiger charge is 2.31. The van der Waals surface area contributed by atoms with Gasteiger partial charge in [-0.2, -0.15) is 0 Å². The summed E-state index contributed by atoms with van der Waals surface area (Å²) >= 11 is 0. The quantitative estimate of drug-likeness (QED) is 0.656. The third-order valence-electron chi connectivity index (χ3n) is 3.61. The van der Waals surface area contributed by atoms with Gasteiger partial charge in [0.1, 0.15) is 6.04 Å². The standard InChI is InChI=1S/C12H24N2O2/c1-5-13(6-2)11-7-8-14(9-11)10(3)12(15)16-4/h10-11H,5-9H2,1-4H3. The molecule has 0 aromatic rings. The van der Waals surface area contributed by atoms with Gasteiger partial charge in [-0.3, -0.25) is 14.6 Å². The molecule has 0 aromatic heterocycles. The second-order valence-electron chi connectivity index (χ2n) is 4.36. The van der Waals surface area contributed by atoms with Gasteiger partial charge in [0.25, 0.3) is 0 Å². The summed E-state index contributed by atoms with van der Waals surface area (Å²) in [7, 11) is 1.46. The molecule has 1 fully saturated rings. The Hall–Kier alpha value is -0.610. The number of hydrogen-bond acceptors (Lipinski definition) is 4. The lowest BCUT2D eigenvalue weighted by atomic mass is 10.2. The number of likely N-dealkylation sites (tertiary alicyclic amines) is 1. The highest BCUT2D eigenvalue weighted by Crippen LogP contribution is 2.18. The topological polar surface area (TPSA) is 32.8 Å². The summed E-state index contributed by atoms with van der Waals surface area (Å²) in [4.78, 5) is 16.1. The zero-order valence-corrected chi connectivity index (χ0v) is 10.9. The Morgan fingerprint density at radius 3 is 2.62 bits per heavy atom. The third-order valence-corrected chi connectivity index (χ3v) is 3.61. The molecule has 0 saturated carbocycles. The molecule has 0 amide bonds. The van der Waals surface area contributed by atoms with Crippen molar-refractivity contribution in [1.82, 2.24) is 9.80 Å². The molecule has 0 aliphatic carbocycles. The van der Waals surface area contributed by atoms with Crippen molar-refractivity contribution in [3.63, 3.8) is 0 Å². The highest BCUT2D eigenvalue weighted by atomic mass is 16.5. The molecule has 0 N–H and O–H groups in total. The molecule has 4 nitrogen and oxygen atoms in total. The van der Waals surface area contributed by atoms with E-state index in [-0.39, 0.29) is 12.0 Å². The fourth-order valence-corrected chi connectivity index (χ4v) is 2.48. The van der Waals surface area contributed by atoms with Gasteiger partial charge in [0.15, 0.2) is 0 Å². The van der Waals surface area contributed by atoms with E-state index in [2.05, 4.69) is 23.6 Å². The minimum Gasteiger partial charge on any atom is -0.468 e. The number of nitrogens with zero attached hydrogens (tertiary/aromatic N) is 2. The van der Waals surface area contributed by atoms with Crippen molar-refractivity contribution in [2.24, 2.45) is 0 Å². The van der Waals surface area contributed by atoms with Gasteiger partial charge in [0.2, 0.25) is 0 Å². The number of rotatable bonds is 5. The molecule has 4 heteroatoms. The number of hydrogen-bond donors (Lipinski definition) is 0. The average molecular weight is 228 g/mol. The fraction of sp³-hybridized carbons (Fsp3) is 0.917. The van der Waals surface area contributed by atoms with Crippen LogP contribution < -0.4 is 0 Å². The Labute approximate surface area is 98.5 Å². The van der Waals surface area contributed by atoms with Gasteiger partial charge in [-0.05, 0) is 26.4 Å². The van der Waals surface area contributed by atoms with Crippen molar-refractivity contribution < 1.29 is 9.53 Å². The molecule has 0 aromatic carbocycles. The van der Waals surface area contributed by atoms with E-state index in [1.54, 1.807) is 0 Å². The predicted molar refractivity (Wildman–Crippen MR) is 64.4 cm³/mol. The lowest BCUT2D eigenvalue weighted by Gasteiger charge is -2.27. The van der Waals surface area contributed by atoms with Crippen LogP contribution in [-0.4, -0.2) is 61.1 Å². The molecule has 0 bridgehead atoms. The number of carbonyl (C=O) groups is 1.